The quantitative estimate of drug-likeness (QED) is 0.578. The van der Waals surface area contributed by atoms with Crippen molar-refractivity contribution in [1.29, 1.82) is 0 Å². The SMILES string of the molecule is C=CCN(C)C[C@@H]1CN2CC[C@H]1C[C@@H]2CNC(=S)Nc1ccccc1. The topological polar surface area (TPSA) is 30.5 Å². The summed E-state index contributed by atoms with van der Waals surface area (Å²) in [6.07, 6.45) is 4.62. The molecule has 1 aromatic carbocycles. The summed E-state index contributed by atoms with van der Waals surface area (Å²) in [6.45, 7) is 9.40. The van der Waals surface area contributed by atoms with Crippen LogP contribution in [-0.2, 0) is 0 Å². The maximum absolute atomic E-state index is 5.44. The smallest absolute Gasteiger partial charge is 0.170 e. The first kappa shape index (κ1) is 18.4. The number of benzene rings is 1. The lowest BCUT2D eigenvalue weighted by Crippen LogP contribution is -2.58. The Kier molecular flexibility index (Phi) is 6.45. The summed E-state index contributed by atoms with van der Waals surface area (Å²) in [5, 5.41) is 7.40. The summed E-state index contributed by atoms with van der Waals surface area (Å²) < 4.78 is 0. The third kappa shape index (κ3) is 5.03. The zero-order chi connectivity index (χ0) is 17.6. The molecule has 25 heavy (non-hydrogen) atoms. The van der Waals surface area contributed by atoms with Crippen molar-refractivity contribution in [3.8, 4) is 0 Å². The Morgan fingerprint density at radius 2 is 2.20 bits per heavy atom. The summed E-state index contributed by atoms with van der Waals surface area (Å²) in [6, 6.07) is 10.7. The molecule has 1 aromatic rings. The van der Waals surface area contributed by atoms with Gasteiger partial charge in [0.15, 0.2) is 5.11 Å². The number of anilines is 1. The fourth-order valence-corrected chi connectivity index (χ4v) is 4.47. The fraction of sp³-hybridized carbons (Fsp3) is 0.550. The van der Waals surface area contributed by atoms with Gasteiger partial charge in [0.05, 0.1) is 0 Å². The molecule has 4 rings (SSSR count). The van der Waals surface area contributed by atoms with Crippen molar-refractivity contribution in [2.24, 2.45) is 11.8 Å². The molecule has 0 aromatic heterocycles. The summed E-state index contributed by atoms with van der Waals surface area (Å²) >= 11 is 5.44. The molecular weight excluding hydrogens is 328 g/mol. The van der Waals surface area contributed by atoms with Gasteiger partial charge in [-0.2, -0.15) is 0 Å². The fourth-order valence-electron chi connectivity index (χ4n) is 4.27. The van der Waals surface area contributed by atoms with Gasteiger partial charge in [-0.15, -0.1) is 6.58 Å². The molecule has 1 unspecified atom stereocenters. The normalized spacial score (nSPS) is 27.9. The third-order valence-electron chi connectivity index (χ3n) is 5.53. The molecule has 0 spiro atoms. The summed E-state index contributed by atoms with van der Waals surface area (Å²) in [7, 11) is 2.20. The molecule has 2 N–H and O–H groups in total. The van der Waals surface area contributed by atoms with Crippen molar-refractivity contribution < 1.29 is 0 Å². The van der Waals surface area contributed by atoms with E-state index in [1.165, 1.54) is 32.5 Å². The maximum Gasteiger partial charge on any atom is 0.170 e. The van der Waals surface area contributed by atoms with Gasteiger partial charge in [-0.1, -0.05) is 24.3 Å². The van der Waals surface area contributed by atoms with Gasteiger partial charge in [0, 0.05) is 37.9 Å². The van der Waals surface area contributed by atoms with E-state index >= 15 is 0 Å². The van der Waals surface area contributed by atoms with Crippen LogP contribution in [0.3, 0.4) is 0 Å². The molecular formula is C20H30N4S. The van der Waals surface area contributed by atoms with E-state index in [1.54, 1.807) is 0 Å². The number of fused-ring (bicyclic) bond motifs is 3. The van der Waals surface area contributed by atoms with Crippen LogP contribution in [0.4, 0.5) is 5.69 Å². The Labute approximate surface area is 157 Å². The largest absolute Gasteiger partial charge is 0.361 e. The number of piperidine rings is 3. The lowest BCUT2D eigenvalue weighted by Gasteiger charge is -2.50. The first-order valence-corrected chi connectivity index (χ1v) is 9.70. The van der Waals surface area contributed by atoms with Gasteiger partial charge in [-0.3, -0.25) is 4.90 Å². The van der Waals surface area contributed by atoms with E-state index in [9.17, 15) is 0 Å². The minimum atomic E-state index is 0.607. The molecule has 0 amide bonds. The lowest BCUT2D eigenvalue weighted by atomic mass is 9.75. The number of hydrogen-bond donors (Lipinski definition) is 2. The van der Waals surface area contributed by atoms with Crippen LogP contribution in [0.2, 0.25) is 0 Å². The molecule has 0 radical (unpaired) electrons. The molecule has 3 saturated heterocycles. The summed E-state index contributed by atoms with van der Waals surface area (Å²) in [5.74, 6) is 1.64. The van der Waals surface area contributed by atoms with Crippen LogP contribution < -0.4 is 10.6 Å². The Morgan fingerprint density at radius 3 is 2.88 bits per heavy atom. The molecule has 3 aliphatic heterocycles. The highest BCUT2D eigenvalue weighted by Crippen LogP contribution is 2.36. The number of nitrogens with one attached hydrogen (secondary N) is 2. The van der Waals surface area contributed by atoms with Crippen molar-refractivity contribution in [1.82, 2.24) is 15.1 Å². The standard InChI is InChI=1S/C20H30N4S/c1-3-10-23(2)14-17-15-24-11-9-16(17)12-19(24)13-21-20(25)22-18-7-5-4-6-8-18/h3-8,16-17,19H,1,9-15H2,2H3,(H2,21,22,25)/t16-,17+,19+/m0/s1. The predicted molar refractivity (Wildman–Crippen MR) is 110 cm³/mol. The Balaban J connectivity index is 1.44. The highest BCUT2D eigenvalue weighted by Gasteiger charge is 2.39. The average Bonchev–Trinajstić information content (AvgIpc) is 2.62. The van der Waals surface area contributed by atoms with Crippen LogP contribution in [0, 0.1) is 11.8 Å². The Bertz CT molecular complexity index is 576. The van der Waals surface area contributed by atoms with Crippen LogP contribution >= 0.6 is 12.2 Å². The van der Waals surface area contributed by atoms with E-state index in [0.717, 1.165) is 35.7 Å². The van der Waals surface area contributed by atoms with Crippen LogP contribution in [-0.4, -0.2) is 60.7 Å². The van der Waals surface area contributed by atoms with Crippen molar-refractivity contribution in [2.45, 2.75) is 18.9 Å². The number of likely N-dealkylation sites (N-methyl/N-ethyl adjacent to an activating group) is 1. The second-order valence-electron chi connectivity index (χ2n) is 7.40. The second kappa shape index (κ2) is 8.79. The second-order valence-corrected chi connectivity index (χ2v) is 7.81. The van der Waals surface area contributed by atoms with Gasteiger partial charge >= 0.3 is 0 Å². The molecule has 3 fully saturated rings. The number of hydrogen-bond acceptors (Lipinski definition) is 3. The molecule has 0 aliphatic carbocycles. The van der Waals surface area contributed by atoms with Crippen LogP contribution in [0.15, 0.2) is 43.0 Å². The summed E-state index contributed by atoms with van der Waals surface area (Å²) in [4.78, 5) is 5.05. The van der Waals surface area contributed by atoms with Crippen molar-refractivity contribution in [2.75, 3.05) is 45.1 Å². The average molecular weight is 359 g/mol. The predicted octanol–water partition coefficient (Wildman–Crippen LogP) is 2.80. The molecule has 0 saturated carbocycles. The van der Waals surface area contributed by atoms with E-state index in [-0.39, 0.29) is 0 Å². The third-order valence-corrected chi connectivity index (χ3v) is 5.78. The van der Waals surface area contributed by atoms with Crippen molar-refractivity contribution in [3.63, 3.8) is 0 Å². The van der Waals surface area contributed by atoms with E-state index < -0.39 is 0 Å². The minimum Gasteiger partial charge on any atom is -0.361 e. The van der Waals surface area contributed by atoms with Crippen LogP contribution in [0.5, 0.6) is 0 Å². The van der Waals surface area contributed by atoms with Gasteiger partial charge in [0.25, 0.3) is 0 Å². The highest BCUT2D eigenvalue weighted by molar-refractivity contribution is 7.80. The number of nitrogens with zero attached hydrogens (tertiary/aromatic N) is 2. The zero-order valence-electron chi connectivity index (χ0n) is 15.2. The van der Waals surface area contributed by atoms with Gasteiger partial charge in [0.1, 0.15) is 0 Å². The minimum absolute atomic E-state index is 0.607. The highest BCUT2D eigenvalue weighted by atomic mass is 32.1. The van der Waals surface area contributed by atoms with Gasteiger partial charge < -0.3 is 15.5 Å². The van der Waals surface area contributed by atoms with Gasteiger partial charge in [0.2, 0.25) is 0 Å². The Hall–Kier alpha value is -1.43. The number of thiocarbonyl (C=S) groups is 1. The van der Waals surface area contributed by atoms with Crippen LogP contribution in [0.25, 0.3) is 0 Å². The van der Waals surface area contributed by atoms with Gasteiger partial charge in [-0.05, 0) is 62.6 Å². The number of rotatable bonds is 7. The summed E-state index contributed by atoms with van der Waals surface area (Å²) in [5.41, 5.74) is 1.04. The van der Waals surface area contributed by atoms with Crippen molar-refractivity contribution >= 4 is 23.0 Å². The van der Waals surface area contributed by atoms with Crippen LogP contribution in [0.1, 0.15) is 12.8 Å². The van der Waals surface area contributed by atoms with Gasteiger partial charge in [-0.25, -0.2) is 0 Å². The molecule has 136 valence electrons. The molecule has 3 aliphatic rings. The first-order valence-electron chi connectivity index (χ1n) is 9.29. The van der Waals surface area contributed by atoms with E-state index in [1.807, 2.05) is 36.4 Å². The van der Waals surface area contributed by atoms with Crippen molar-refractivity contribution in [3.05, 3.63) is 43.0 Å². The van der Waals surface area contributed by atoms with E-state index in [4.69, 9.17) is 12.2 Å². The number of para-hydroxylation sites is 1. The lowest BCUT2D eigenvalue weighted by molar-refractivity contribution is -0.00663. The Morgan fingerprint density at radius 1 is 1.40 bits per heavy atom. The molecule has 3 heterocycles. The first-order chi connectivity index (χ1) is 12.2. The zero-order valence-corrected chi connectivity index (χ0v) is 16.0. The molecule has 4 nitrogen and oxygen atoms in total. The van der Waals surface area contributed by atoms with E-state index in [2.05, 4.69) is 34.1 Å². The molecule has 4 atom stereocenters. The molecule has 5 heteroatoms. The van der Waals surface area contributed by atoms with E-state index in [0.29, 0.717) is 6.04 Å². The molecule has 2 bridgehead atoms. The maximum atomic E-state index is 5.44. The monoisotopic (exact) mass is 358 g/mol.